The van der Waals surface area contributed by atoms with Crippen LogP contribution in [0, 0.1) is 5.41 Å². The zero-order chi connectivity index (χ0) is 20.3. The second-order valence-electron chi connectivity index (χ2n) is 8.94. The van der Waals surface area contributed by atoms with Crippen LogP contribution in [0.15, 0.2) is 24.3 Å². The highest BCUT2D eigenvalue weighted by Gasteiger charge is 2.34. The number of amides is 3. The van der Waals surface area contributed by atoms with Crippen LogP contribution < -0.4 is 0 Å². The number of fused-ring (bicyclic) bond motifs is 1. The molecule has 0 unspecified atom stereocenters. The van der Waals surface area contributed by atoms with E-state index < -0.39 is 0 Å². The first-order valence-corrected chi connectivity index (χ1v) is 10.2. The molecule has 3 amide bonds. The first-order chi connectivity index (χ1) is 13.3. The number of imide groups is 1. The minimum absolute atomic E-state index is 0.118. The lowest BCUT2D eigenvalue weighted by Crippen LogP contribution is -2.49. The predicted octanol–water partition coefficient (Wildman–Crippen LogP) is 2.64. The maximum Gasteiger partial charge on any atom is 0.261 e. The summed E-state index contributed by atoms with van der Waals surface area (Å²) >= 11 is 0. The van der Waals surface area contributed by atoms with E-state index in [1.54, 1.807) is 24.3 Å². The van der Waals surface area contributed by atoms with Crippen molar-refractivity contribution in [1.82, 2.24) is 14.7 Å². The van der Waals surface area contributed by atoms with Crippen LogP contribution in [-0.4, -0.2) is 71.7 Å². The van der Waals surface area contributed by atoms with Crippen molar-refractivity contribution in [3.8, 4) is 0 Å². The van der Waals surface area contributed by atoms with Crippen molar-refractivity contribution in [2.24, 2.45) is 5.41 Å². The highest BCUT2D eigenvalue weighted by atomic mass is 16.2. The molecule has 6 heteroatoms. The van der Waals surface area contributed by atoms with Gasteiger partial charge in [-0.2, -0.15) is 0 Å². The Morgan fingerprint density at radius 2 is 1.50 bits per heavy atom. The van der Waals surface area contributed by atoms with E-state index >= 15 is 0 Å². The molecule has 28 heavy (non-hydrogen) atoms. The number of hydrogen-bond donors (Lipinski definition) is 0. The van der Waals surface area contributed by atoms with Crippen LogP contribution in [0.5, 0.6) is 0 Å². The summed E-state index contributed by atoms with van der Waals surface area (Å²) < 4.78 is 0. The van der Waals surface area contributed by atoms with Crippen LogP contribution in [0.4, 0.5) is 0 Å². The Morgan fingerprint density at radius 1 is 0.929 bits per heavy atom. The minimum atomic E-state index is -0.250. The van der Waals surface area contributed by atoms with Crippen molar-refractivity contribution in [2.45, 2.75) is 40.0 Å². The second-order valence-corrected chi connectivity index (χ2v) is 8.94. The molecule has 1 aromatic carbocycles. The molecule has 0 aromatic heterocycles. The normalized spacial score (nSPS) is 18.0. The van der Waals surface area contributed by atoms with E-state index in [1.165, 1.54) is 4.90 Å². The van der Waals surface area contributed by atoms with Crippen molar-refractivity contribution >= 4 is 17.7 Å². The molecule has 0 saturated carbocycles. The average Bonchev–Trinajstić information content (AvgIpc) is 2.91. The maximum atomic E-state index is 12.5. The van der Waals surface area contributed by atoms with Gasteiger partial charge in [0.2, 0.25) is 5.91 Å². The first kappa shape index (κ1) is 20.5. The molecule has 1 aromatic rings. The molecule has 1 saturated heterocycles. The molecule has 152 valence electrons. The Hall–Kier alpha value is -2.21. The van der Waals surface area contributed by atoms with Gasteiger partial charge in [0.25, 0.3) is 11.8 Å². The van der Waals surface area contributed by atoms with E-state index in [-0.39, 0.29) is 17.7 Å². The predicted molar refractivity (Wildman–Crippen MR) is 108 cm³/mol. The van der Waals surface area contributed by atoms with E-state index in [2.05, 4.69) is 25.7 Å². The molecular formula is C22H31N3O3. The van der Waals surface area contributed by atoms with Gasteiger partial charge in [-0.25, -0.2) is 0 Å². The molecule has 2 aliphatic rings. The number of carbonyl (C=O) groups excluding carboxylic acids is 3. The van der Waals surface area contributed by atoms with E-state index in [1.807, 2.05) is 4.90 Å². The van der Waals surface area contributed by atoms with Crippen molar-refractivity contribution in [1.29, 1.82) is 0 Å². The quantitative estimate of drug-likeness (QED) is 0.707. The van der Waals surface area contributed by atoms with Gasteiger partial charge in [0.1, 0.15) is 0 Å². The molecule has 0 N–H and O–H groups in total. The third-order valence-electron chi connectivity index (χ3n) is 5.55. The molecule has 0 atom stereocenters. The summed E-state index contributed by atoms with van der Waals surface area (Å²) in [4.78, 5) is 42.8. The summed E-state index contributed by atoms with van der Waals surface area (Å²) in [6.45, 7) is 11.5. The standard InChI is InChI=1S/C22H31N3O3/c1-22(2,3)10-12-23-13-15-24(16-14-23)19(26)9-6-11-25-20(27)17-7-4-5-8-18(17)21(25)28/h4-5,7-8H,6,9-16H2,1-3H3. The van der Waals surface area contributed by atoms with Gasteiger partial charge in [-0.1, -0.05) is 32.9 Å². The van der Waals surface area contributed by atoms with Crippen molar-refractivity contribution in [3.63, 3.8) is 0 Å². The van der Waals surface area contributed by atoms with Gasteiger partial charge >= 0.3 is 0 Å². The lowest BCUT2D eigenvalue weighted by Gasteiger charge is -2.36. The summed E-state index contributed by atoms with van der Waals surface area (Å²) in [6, 6.07) is 6.89. The summed E-state index contributed by atoms with van der Waals surface area (Å²) in [5.41, 5.74) is 1.26. The van der Waals surface area contributed by atoms with E-state index in [0.717, 1.165) is 39.1 Å². The summed E-state index contributed by atoms with van der Waals surface area (Å²) in [5.74, 6) is -0.381. The Bertz CT molecular complexity index is 711. The van der Waals surface area contributed by atoms with Crippen LogP contribution >= 0.6 is 0 Å². The number of nitrogens with zero attached hydrogens (tertiary/aromatic N) is 3. The Balaban J connectivity index is 1.40. The summed E-state index contributed by atoms with van der Waals surface area (Å²) in [7, 11) is 0. The molecular weight excluding hydrogens is 354 g/mol. The molecule has 0 spiro atoms. The van der Waals surface area contributed by atoms with Gasteiger partial charge in [-0.15, -0.1) is 0 Å². The first-order valence-electron chi connectivity index (χ1n) is 10.2. The monoisotopic (exact) mass is 385 g/mol. The van der Waals surface area contributed by atoms with E-state index in [9.17, 15) is 14.4 Å². The smallest absolute Gasteiger partial charge is 0.261 e. The molecule has 2 heterocycles. The number of hydrogen-bond acceptors (Lipinski definition) is 4. The Kier molecular flexibility index (Phi) is 6.18. The Labute approximate surface area is 167 Å². The van der Waals surface area contributed by atoms with Crippen LogP contribution in [0.25, 0.3) is 0 Å². The molecule has 6 nitrogen and oxygen atoms in total. The lowest BCUT2D eigenvalue weighted by atomic mass is 9.92. The highest BCUT2D eigenvalue weighted by molar-refractivity contribution is 6.21. The zero-order valence-electron chi connectivity index (χ0n) is 17.2. The topological polar surface area (TPSA) is 60.9 Å². The third-order valence-corrected chi connectivity index (χ3v) is 5.55. The fourth-order valence-corrected chi connectivity index (χ4v) is 3.70. The largest absolute Gasteiger partial charge is 0.340 e. The van der Waals surface area contributed by atoms with Gasteiger partial charge in [0.15, 0.2) is 0 Å². The number of carbonyl (C=O) groups is 3. The van der Waals surface area contributed by atoms with Crippen LogP contribution in [0.3, 0.4) is 0 Å². The average molecular weight is 386 g/mol. The zero-order valence-corrected chi connectivity index (χ0v) is 17.2. The third kappa shape index (κ3) is 4.79. The van der Waals surface area contributed by atoms with Crippen LogP contribution in [0.2, 0.25) is 0 Å². The van der Waals surface area contributed by atoms with E-state index in [4.69, 9.17) is 0 Å². The minimum Gasteiger partial charge on any atom is -0.340 e. The van der Waals surface area contributed by atoms with E-state index in [0.29, 0.717) is 35.9 Å². The highest BCUT2D eigenvalue weighted by Crippen LogP contribution is 2.23. The van der Waals surface area contributed by atoms with Gasteiger partial charge in [0.05, 0.1) is 11.1 Å². The fraction of sp³-hybridized carbons (Fsp3) is 0.591. The molecule has 3 rings (SSSR count). The van der Waals surface area contributed by atoms with Crippen molar-refractivity contribution in [3.05, 3.63) is 35.4 Å². The second kappa shape index (κ2) is 8.43. The fourth-order valence-electron chi connectivity index (χ4n) is 3.70. The lowest BCUT2D eigenvalue weighted by molar-refractivity contribution is -0.133. The molecule has 0 radical (unpaired) electrons. The van der Waals surface area contributed by atoms with Gasteiger partial charge in [0, 0.05) is 39.1 Å². The maximum absolute atomic E-state index is 12.5. The number of piperazine rings is 1. The SMILES string of the molecule is CC(C)(C)CCN1CCN(C(=O)CCCN2C(=O)c3ccccc3C2=O)CC1. The molecule has 0 aliphatic carbocycles. The van der Waals surface area contributed by atoms with Gasteiger partial charge in [-0.05, 0) is 36.9 Å². The van der Waals surface area contributed by atoms with Crippen molar-refractivity contribution < 1.29 is 14.4 Å². The molecule has 2 aliphatic heterocycles. The van der Waals surface area contributed by atoms with Gasteiger partial charge in [-0.3, -0.25) is 24.2 Å². The molecule has 1 fully saturated rings. The summed E-state index contributed by atoms with van der Waals surface area (Å²) in [6.07, 6.45) is 2.03. The van der Waals surface area contributed by atoms with Crippen LogP contribution in [0.1, 0.15) is 60.7 Å². The number of benzene rings is 1. The van der Waals surface area contributed by atoms with Crippen LogP contribution in [-0.2, 0) is 4.79 Å². The summed E-state index contributed by atoms with van der Waals surface area (Å²) in [5, 5.41) is 0. The molecule has 0 bridgehead atoms. The van der Waals surface area contributed by atoms with Gasteiger partial charge < -0.3 is 4.90 Å². The number of rotatable bonds is 6. The van der Waals surface area contributed by atoms with Crippen molar-refractivity contribution in [2.75, 3.05) is 39.3 Å². The Morgan fingerprint density at radius 3 is 2.04 bits per heavy atom.